The summed E-state index contributed by atoms with van der Waals surface area (Å²) in [5, 5.41) is 23.0. The van der Waals surface area contributed by atoms with Gasteiger partial charge < -0.3 is 9.88 Å². The maximum Gasteiger partial charge on any atom is 0.284 e. The van der Waals surface area contributed by atoms with Crippen LogP contribution in [0.3, 0.4) is 0 Å². The molecule has 0 fully saturated rings. The van der Waals surface area contributed by atoms with E-state index in [0.29, 0.717) is 16.0 Å². The summed E-state index contributed by atoms with van der Waals surface area (Å²) >= 11 is 1.13. The van der Waals surface area contributed by atoms with Gasteiger partial charge >= 0.3 is 0 Å². The predicted molar refractivity (Wildman–Crippen MR) is 124 cm³/mol. The average Bonchev–Trinajstić information content (AvgIpc) is 3.16. The minimum absolute atomic E-state index is 0.143. The molecule has 1 atom stereocenters. The molecule has 9 heteroatoms. The Hall–Kier alpha value is -3.20. The Morgan fingerprint density at radius 1 is 1.09 bits per heavy atom. The summed E-state index contributed by atoms with van der Waals surface area (Å²) < 4.78 is 1.67. The van der Waals surface area contributed by atoms with Crippen LogP contribution >= 0.6 is 11.8 Å². The Bertz CT molecular complexity index is 1110. The molecule has 0 aliphatic carbocycles. The fourth-order valence-corrected chi connectivity index (χ4v) is 4.15. The number of hydrogen-bond donors (Lipinski definition) is 1. The van der Waals surface area contributed by atoms with E-state index in [-0.39, 0.29) is 29.1 Å². The molecule has 0 saturated carbocycles. The van der Waals surface area contributed by atoms with Crippen LogP contribution in [0.1, 0.15) is 61.1 Å². The van der Waals surface area contributed by atoms with Crippen molar-refractivity contribution in [1.82, 2.24) is 20.1 Å². The van der Waals surface area contributed by atoms with Crippen molar-refractivity contribution in [2.45, 2.75) is 49.7 Å². The van der Waals surface area contributed by atoms with Crippen molar-refractivity contribution < 1.29 is 9.72 Å². The van der Waals surface area contributed by atoms with Crippen molar-refractivity contribution in [3.63, 3.8) is 0 Å². The summed E-state index contributed by atoms with van der Waals surface area (Å²) in [7, 11) is 1.76. The molecule has 3 rings (SSSR count). The van der Waals surface area contributed by atoms with Gasteiger partial charge in [-0.15, -0.1) is 10.2 Å². The Morgan fingerprint density at radius 2 is 1.75 bits per heavy atom. The highest BCUT2D eigenvalue weighted by atomic mass is 32.2. The number of hydrogen-bond acceptors (Lipinski definition) is 6. The lowest BCUT2D eigenvalue weighted by Gasteiger charge is -2.23. The van der Waals surface area contributed by atoms with Crippen LogP contribution in [0.4, 0.5) is 5.69 Å². The van der Waals surface area contributed by atoms with Crippen LogP contribution in [0.25, 0.3) is 0 Å². The second-order valence-electron chi connectivity index (χ2n) is 8.28. The topological polar surface area (TPSA) is 103 Å². The zero-order valence-electron chi connectivity index (χ0n) is 18.8. The molecule has 168 valence electrons. The lowest BCUT2D eigenvalue weighted by Crippen LogP contribution is -2.31. The van der Waals surface area contributed by atoms with Crippen LogP contribution in [0, 0.1) is 16.0 Å². The number of nitro groups is 1. The van der Waals surface area contributed by atoms with Crippen LogP contribution in [-0.2, 0) is 7.05 Å². The molecule has 0 aliphatic rings. The molecule has 8 nitrogen and oxygen atoms in total. The SMILES string of the molecule is CC(C)c1ccc(C(NC(=O)c2ccc(Sc3nncn3C)c([N+](=O)[O-])c2)C(C)C)cc1. The number of amides is 1. The third kappa shape index (κ3) is 5.34. The third-order valence-electron chi connectivity index (χ3n) is 5.20. The number of aromatic nitrogens is 3. The average molecular weight is 454 g/mol. The van der Waals surface area contributed by atoms with Crippen molar-refractivity contribution in [2.75, 3.05) is 0 Å². The normalized spacial score (nSPS) is 12.2. The Labute approximate surface area is 191 Å². The summed E-state index contributed by atoms with van der Waals surface area (Å²) in [6.45, 7) is 8.33. The highest BCUT2D eigenvalue weighted by Gasteiger charge is 2.23. The van der Waals surface area contributed by atoms with E-state index in [1.807, 2.05) is 26.0 Å². The molecule has 0 saturated heterocycles. The van der Waals surface area contributed by atoms with Gasteiger partial charge in [0.25, 0.3) is 11.6 Å². The van der Waals surface area contributed by atoms with Crippen LogP contribution < -0.4 is 5.32 Å². The van der Waals surface area contributed by atoms with Gasteiger partial charge in [-0.2, -0.15) is 0 Å². The second kappa shape index (κ2) is 9.95. The molecule has 0 spiro atoms. The van der Waals surface area contributed by atoms with Crippen molar-refractivity contribution in [1.29, 1.82) is 0 Å². The number of nitrogens with one attached hydrogen (secondary N) is 1. The zero-order chi connectivity index (χ0) is 23.4. The summed E-state index contributed by atoms with van der Waals surface area (Å²) in [4.78, 5) is 24.6. The molecule has 0 radical (unpaired) electrons. The van der Waals surface area contributed by atoms with E-state index in [1.165, 1.54) is 18.0 Å². The molecule has 32 heavy (non-hydrogen) atoms. The van der Waals surface area contributed by atoms with Crippen LogP contribution in [-0.4, -0.2) is 25.6 Å². The minimum atomic E-state index is -0.486. The number of nitrogens with zero attached hydrogens (tertiary/aromatic N) is 4. The van der Waals surface area contributed by atoms with Gasteiger partial charge in [-0.1, -0.05) is 52.0 Å². The van der Waals surface area contributed by atoms with Crippen LogP contribution in [0.2, 0.25) is 0 Å². The van der Waals surface area contributed by atoms with Gasteiger partial charge in [-0.05, 0) is 46.9 Å². The molecule has 1 amide bonds. The summed E-state index contributed by atoms with van der Waals surface area (Å²) in [5.41, 5.74) is 2.33. The molecule has 1 N–H and O–H groups in total. The van der Waals surface area contributed by atoms with Gasteiger partial charge in [0.15, 0.2) is 5.16 Å². The molecular weight excluding hydrogens is 426 g/mol. The summed E-state index contributed by atoms with van der Waals surface area (Å²) in [6, 6.07) is 12.5. The zero-order valence-corrected chi connectivity index (χ0v) is 19.6. The lowest BCUT2D eigenvalue weighted by atomic mass is 9.93. The molecular formula is C23H27N5O3S. The van der Waals surface area contributed by atoms with Crippen molar-refractivity contribution in [3.05, 3.63) is 75.6 Å². The van der Waals surface area contributed by atoms with E-state index in [1.54, 1.807) is 23.7 Å². The Balaban J connectivity index is 1.84. The smallest absolute Gasteiger partial charge is 0.284 e. The standard InChI is InChI=1S/C23H27N5O3S/c1-14(2)16-6-8-17(9-7-16)21(15(3)4)25-22(29)18-10-11-20(19(12-18)28(30)31)32-23-26-24-13-27(23)5/h6-15,21H,1-5H3,(H,25,29). The number of aryl methyl sites for hydroxylation is 1. The van der Waals surface area contributed by atoms with E-state index in [9.17, 15) is 14.9 Å². The largest absolute Gasteiger partial charge is 0.345 e. The van der Waals surface area contributed by atoms with Gasteiger partial charge in [-0.25, -0.2) is 0 Å². The summed E-state index contributed by atoms with van der Waals surface area (Å²) in [6.07, 6.45) is 1.52. The van der Waals surface area contributed by atoms with Gasteiger partial charge in [-0.3, -0.25) is 14.9 Å². The van der Waals surface area contributed by atoms with Crippen molar-refractivity contribution in [3.8, 4) is 0 Å². The van der Waals surface area contributed by atoms with E-state index < -0.39 is 4.92 Å². The number of carbonyl (C=O) groups excluding carboxylic acids is 1. The summed E-state index contributed by atoms with van der Waals surface area (Å²) in [5.74, 6) is 0.217. The van der Waals surface area contributed by atoms with E-state index >= 15 is 0 Å². The Kier molecular flexibility index (Phi) is 7.29. The highest BCUT2D eigenvalue weighted by Crippen LogP contribution is 2.34. The highest BCUT2D eigenvalue weighted by molar-refractivity contribution is 7.99. The van der Waals surface area contributed by atoms with E-state index in [4.69, 9.17) is 0 Å². The maximum atomic E-state index is 13.0. The number of rotatable bonds is 8. The van der Waals surface area contributed by atoms with E-state index in [2.05, 4.69) is 41.5 Å². The predicted octanol–water partition coefficient (Wildman–Crippen LogP) is 5.13. The minimum Gasteiger partial charge on any atom is -0.345 e. The first-order valence-corrected chi connectivity index (χ1v) is 11.2. The van der Waals surface area contributed by atoms with Crippen LogP contribution in [0.5, 0.6) is 0 Å². The first kappa shape index (κ1) is 23.5. The molecule has 0 aliphatic heterocycles. The molecule has 1 unspecified atom stereocenters. The Morgan fingerprint density at radius 3 is 2.28 bits per heavy atom. The van der Waals surface area contributed by atoms with Gasteiger partial charge in [0.05, 0.1) is 15.9 Å². The first-order valence-electron chi connectivity index (χ1n) is 10.4. The number of nitro benzene ring substituents is 1. The van der Waals surface area contributed by atoms with E-state index in [0.717, 1.165) is 17.3 Å². The monoisotopic (exact) mass is 453 g/mol. The molecule has 2 aromatic carbocycles. The van der Waals surface area contributed by atoms with Gasteiger partial charge in [0.1, 0.15) is 6.33 Å². The maximum absolute atomic E-state index is 13.0. The van der Waals surface area contributed by atoms with Gasteiger partial charge in [0.2, 0.25) is 0 Å². The molecule has 1 aromatic heterocycles. The number of carbonyl (C=O) groups is 1. The lowest BCUT2D eigenvalue weighted by molar-refractivity contribution is -0.387. The quantitative estimate of drug-likeness (QED) is 0.375. The van der Waals surface area contributed by atoms with Crippen LogP contribution in [0.15, 0.2) is 58.8 Å². The molecule has 1 heterocycles. The first-order chi connectivity index (χ1) is 15.2. The van der Waals surface area contributed by atoms with Crippen molar-refractivity contribution in [2.24, 2.45) is 13.0 Å². The molecule has 0 bridgehead atoms. The van der Waals surface area contributed by atoms with Crippen molar-refractivity contribution >= 4 is 23.4 Å². The molecule has 3 aromatic rings. The number of benzene rings is 2. The fourth-order valence-electron chi connectivity index (χ4n) is 3.30. The van der Waals surface area contributed by atoms with Gasteiger partial charge in [0, 0.05) is 18.7 Å². The fraction of sp³-hybridized carbons (Fsp3) is 0.348. The third-order valence-corrected chi connectivity index (χ3v) is 6.32. The second-order valence-corrected chi connectivity index (χ2v) is 9.29.